The van der Waals surface area contributed by atoms with E-state index in [0.717, 1.165) is 4.47 Å². The number of halogens is 1. The Hall–Kier alpha value is -3.43. The smallest absolute Gasteiger partial charge is 0.347 e. The van der Waals surface area contributed by atoms with Gasteiger partial charge in [-0.05, 0) is 66.7 Å². The quantitative estimate of drug-likeness (QED) is 0.298. The van der Waals surface area contributed by atoms with Gasteiger partial charge >= 0.3 is 5.63 Å². The van der Waals surface area contributed by atoms with Crippen LogP contribution in [0.1, 0.15) is 15.9 Å². The van der Waals surface area contributed by atoms with Gasteiger partial charge in [0.25, 0.3) is 10.0 Å². The molecule has 0 spiro atoms. The third kappa shape index (κ3) is 4.44. The molecule has 0 aliphatic carbocycles. The van der Waals surface area contributed by atoms with Crippen LogP contribution >= 0.6 is 15.9 Å². The third-order valence-electron chi connectivity index (χ3n) is 4.71. The van der Waals surface area contributed by atoms with Gasteiger partial charge in [0.05, 0.1) is 12.0 Å². The molecule has 0 saturated carbocycles. The first-order chi connectivity index (χ1) is 15.3. The molecule has 0 fully saturated rings. The van der Waals surface area contributed by atoms with E-state index in [4.69, 9.17) is 9.15 Å². The Balaban J connectivity index is 1.59. The van der Waals surface area contributed by atoms with Gasteiger partial charge in [0, 0.05) is 27.2 Å². The van der Waals surface area contributed by atoms with Crippen LogP contribution < -0.4 is 15.1 Å². The highest BCUT2D eigenvalue weighted by molar-refractivity contribution is 9.10. The molecule has 0 unspecified atom stereocenters. The highest BCUT2D eigenvalue weighted by atomic mass is 79.9. The Kier molecular flexibility index (Phi) is 5.86. The molecule has 0 aliphatic heterocycles. The van der Waals surface area contributed by atoms with Crippen LogP contribution in [-0.4, -0.2) is 21.3 Å². The molecule has 0 radical (unpaired) electrons. The van der Waals surface area contributed by atoms with Crippen molar-refractivity contribution in [3.63, 3.8) is 0 Å². The van der Waals surface area contributed by atoms with Gasteiger partial charge in [-0.2, -0.15) is 0 Å². The maximum absolute atomic E-state index is 12.9. The average molecular weight is 514 g/mol. The van der Waals surface area contributed by atoms with Crippen molar-refractivity contribution in [3.8, 4) is 5.75 Å². The van der Waals surface area contributed by atoms with Crippen molar-refractivity contribution in [1.29, 1.82) is 0 Å². The maximum atomic E-state index is 12.9. The lowest BCUT2D eigenvalue weighted by molar-refractivity contribution is 0.103. The van der Waals surface area contributed by atoms with Gasteiger partial charge in [-0.15, -0.1) is 0 Å². The molecule has 0 atom stereocenters. The van der Waals surface area contributed by atoms with E-state index < -0.39 is 21.4 Å². The van der Waals surface area contributed by atoms with E-state index >= 15 is 0 Å². The third-order valence-corrected chi connectivity index (χ3v) is 6.64. The number of anilines is 1. The molecule has 0 aliphatic rings. The summed E-state index contributed by atoms with van der Waals surface area (Å²) in [6.45, 7) is 0. The molecular weight excluding hydrogens is 498 g/mol. The van der Waals surface area contributed by atoms with Crippen molar-refractivity contribution in [1.82, 2.24) is 0 Å². The Morgan fingerprint density at radius 1 is 0.969 bits per heavy atom. The number of ether oxygens (including phenoxy) is 1. The molecule has 1 aromatic heterocycles. The molecule has 3 aromatic carbocycles. The predicted molar refractivity (Wildman–Crippen MR) is 124 cm³/mol. The van der Waals surface area contributed by atoms with Gasteiger partial charge < -0.3 is 9.15 Å². The van der Waals surface area contributed by atoms with Crippen LogP contribution in [-0.2, 0) is 10.0 Å². The van der Waals surface area contributed by atoms with E-state index in [-0.39, 0.29) is 21.7 Å². The van der Waals surface area contributed by atoms with Crippen molar-refractivity contribution in [2.24, 2.45) is 0 Å². The molecule has 0 amide bonds. The highest BCUT2D eigenvalue weighted by Crippen LogP contribution is 2.22. The van der Waals surface area contributed by atoms with Gasteiger partial charge in [-0.1, -0.05) is 15.9 Å². The SMILES string of the molecule is COc1ccc2cc(C(=O)c3ccc(NS(=O)(=O)c4ccc(Br)cc4)cc3)c(=O)oc2c1. The minimum atomic E-state index is -3.78. The number of fused-ring (bicyclic) bond motifs is 1. The van der Waals surface area contributed by atoms with Crippen LogP contribution in [0.2, 0.25) is 0 Å². The van der Waals surface area contributed by atoms with Gasteiger partial charge in [0.1, 0.15) is 16.9 Å². The maximum Gasteiger partial charge on any atom is 0.347 e. The summed E-state index contributed by atoms with van der Waals surface area (Å²) in [7, 11) is -2.28. The molecule has 7 nitrogen and oxygen atoms in total. The Bertz CT molecular complexity index is 1480. The number of methoxy groups -OCH3 is 1. The van der Waals surface area contributed by atoms with Crippen LogP contribution in [0.3, 0.4) is 0 Å². The molecule has 1 N–H and O–H groups in total. The van der Waals surface area contributed by atoms with Crippen molar-refractivity contribution < 1.29 is 22.4 Å². The molecule has 1 heterocycles. The predicted octanol–water partition coefficient (Wildman–Crippen LogP) is 4.60. The number of benzene rings is 3. The topological polar surface area (TPSA) is 103 Å². The number of ketones is 1. The fourth-order valence-corrected chi connectivity index (χ4v) is 4.37. The minimum Gasteiger partial charge on any atom is -0.497 e. The van der Waals surface area contributed by atoms with Crippen molar-refractivity contribution in [2.45, 2.75) is 4.90 Å². The highest BCUT2D eigenvalue weighted by Gasteiger charge is 2.18. The molecule has 32 heavy (non-hydrogen) atoms. The molecule has 4 rings (SSSR count). The monoisotopic (exact) mass is 513 g/mol. The lowest BCUT2D eigenvalue weighted by atomic mass is 10.0. The minimum absolute atomic E-state index is 0.103. The van der Waals surface area contributed by atoms with Crippen LogP contribution in [0.15, 0.2) is 91.4 Å². The molecule has 0 saturated heterocycles. The van der Waals surface area contributed by atoms with Gasteiger partial charge in [-0.25, -0.2) is 13.2 Å². The summed E-state index contributed by atoms with van der Waals surface area (Å²) in [5.74, 6) is -0.000287. The largest absolute Gasteiger partial charge is 0.497 e. The van der Waals surface area contributed by atoms with E-state index in [0.29, 0.717) is 16.7 Å². The summed E-state index contributed by atoms with van der Waals surface area (Å²) < 4.78 is 38.6. The molecular formula is C23H16BrNO6S. The number of hydrogen-bond acceptors (Lipinski definition) is 6. The van der Waals surface area contributed by atoms with Crippen molar-refractivity contribution >= 4 is 48.4 Å². The Morgan fingerprint density at radius 2 is 1.66 bits per heavy atom. The summed E-state index contributed by atoms with van der Waals surface area (Å²) in [6, 6.07) is 18.4. The van der Waals surface area contributed by atoms with Crippen LogP contribution in [0.4, 0.5) is 5.69 Å². The number of carbonyl (C=O) groups is 1. The fourth-order valence-electron chi connectivity index (χ4n) is 3.05. The van der Waals surface area contributed by atoms with E-state index in [9.17, 15) is 18.0 Å². The fraction of sp³-hybridized carbons (Fsp3) is 0.0435. The zero-order chi connectivity index (χ0) is 22.9. The normalized spacial score (nSPS) is 11.3. The standard InChI is InChI=1S/C23H16BrNO6S/c1-30-18-9-4-15-12-20(23(27)31-21(15)13-18)22(26)14-2-7-17(8-3-14)25-32(28,29)19-10-5-16(24)6-11-19/h2-13,25H,1H3. The second-order valence-electron chi connectivity index (χ2n) is 6.82. The first kappa shape index (κ1) is 21.8. The zero-order valence-corrected chi connectivity index (χ0v) is 19.1. The van der Waals surface area contributed by atoms with Crippen molar-refractivity contribution in [3.05, 3.63) is 98.8 Å². The molecule has 0 bridgehead atoms. The number of nitrogens with one attached hydrogen (secondary N) is 1. The average Bonchev–Trinajstić information content (AvgIpc) is 2.78. The second-order valence-corrected chi connectivity index (χ2v) is 9.42. The van der Waals surface area contributed by atoms with E-state index in [1.54, 1.807) is 30.3 Å². The van der Waals surface area contributed by atoms with E-state index in [1.165, 1.54) is 49.6 Å². The number of sulfonamides is 1. The lowest BCUT2D eigenvalue weighted by Gasteiger charge is -2.09. The summed E-state index contributed by atoms with van der Waals surface area (Å²) in [4.78, 5) is 25.3. The Morgan fingerprint density at radius 3 is 2.31 bits per heavy atom. The second kappa shape index (κ2) is 8.60. The van der Waals surface area contributed by atoms with Gasteiger partial charge in [0.15, 0.2) is 5.78 Å². The Labute approximate surface area is 191 Å². The first-order valence-corrected chi connectivity index (χ1v) is 11.6. The summed E-state index contributed by atoms with van der Waals surface area (Å²) in [5, 5.41) is 0.577. The molecule has 162 valence electrons. The summed E-state index contributed by atoms with van der Waals surface area (Å²) in [5.41, 5.74) is -0.0795. The van der Waals surface area contributed by atoms with Crippen LogP contribution in [0.5, 0.6) is 5.75 Å². The number of hydrogen-bond donors (Lipinski definition) is 1. The summed E-state index contributed by atoms with van der Waals surface area (Å²) in [6.07, 6.45) is 0. The van der Waals surface area contributed by atoms with Crippen molar-refractivity contribution in [2.75, 3.05) is 11.8 Å². The van der Waals surface area contributed by atoms with E-state index in [2.05, 4.69) is 20.7 Å². The van der Waals surface area contributed by atoms with E-state index in [1.807, 2.05) is 0 Å². The zero-order valence-electron chi connectivity index (χ0n) is 16.7. The first-order valence-electron chi connectivity index (χ1n) is 9.32. The number of carbonyl (C=O) groups excluding carboxylic acids is 1. The molecule has 9 heteroatoms. The number of rotatable bonds is 6. The molecule has 4 aromatic rings. The van der Waals surface area contributed by atoms with Crippen LogP contribution in [0, 0.1) is 0 Å². The van der Waals surface area contributed by atoms with Gasteiger partial charge in [0.2, 0.25) is 0 Å². The van der Waals surface area contributed by atoms with Gasteiger partial charge in [-0.3, -0.25) is 9.52 Å². The lowest BCUT2D eigenvalue weighted by Crippen LogP contribution is -2.15. The van der Waals surface area contributed by atoms with Crippen LogP contribution in [0.25, 0.3) is 11.0 Å². The summed E-state index contributed by atoms with van der Waals surface area (Å²) >= 11 is 3.26.